The minimum absolute atomic E-state index is 0.247. The van der Waals surface area contributed by atoms with Crippen molar-refractivity contribution >= 4 is 11.7 Å². The Kier molecular flexibility index (Phi) is 3.99. The highest BCUT2D eigenvalue weighted by Gasteiger charge is 2.20. The van der Waals surface area contributed by atoms with Crippen molar-refractivity contribution in [3.63, 3.8) is 0 Å². The average Bonchev–Trinajstić information content (AvgIpc) is 3.34. The molecule has 0 aliphatic heterocycles. The van der Waals surface area contributed by atoms with Crippen molar-refractivity contribution in [3.05, 3.63) is 62.4 Å². The number of aromatic amines is 2. The molecule has 0 saturated heterocycles. The molecule has 5 rings (SSSR count). The molecule has 0 radical (unpaired) electrons. The Bertz CT molecular complexity index is 1450. The normalized spacial score (nSPS) is 15.4. The number of nitrogens with one attached hydrogen (secondary N) is 2. The lowest BCUT2D eigenvalue weighted by atomic mass is 10.0. The van der Waals surface area contributed by atoms with E-state index in [2.05, 4.69) is 15.1 Å². The van der Waals surface area contributed by atoms with Crippen molar-refractivity contribution in [1.29, 1.82) is 0 Å². The molecule has 1 saturated carbocycles. The Morgan fingerprint density at radius 2 is 1.90 bits per heavy atom. The van der Waals surface area contributed by atoms with Crippen LogP contribution in [0.5, 0.6) is 11.6 Å². The molecule has 3 aromatic heterocycles. The van der Waals surface area contributed by atoms with E-state index in [0.29, 0.717) is 22.0 Å². The molecule has 1 fully saturated rings. The predicted molar refractivity (Wildman–Crippen MR) is 110 cm³/mol. The van der Waals surface area contributed by atoms with Gasteiger partial charge in [-0.1, -0.05) is 0 Å². The molecular weight excluding hydrogens is 384 g/mol. The first kappa shape index (κ1) is 18.2. The zero-order valence-corrected chi connectivity index (χ0v) is 16.5. The second-order valence-corrected chi connectivity index (χ2v) is 7.64. The van der Waals surface area contributed by atoms with Gasteiger partial charge in [0.2, 0.25) is 5.88 Å². The molecule has 4 N–H and O–H groups in total. The molecule has 30 heavy (non-hydrogen) atoms. The number of nitrogens with zero attached hydrogens (tertiary/aromatic N) is 4. The molecule has 4 aromatic rings. The van der Waals surface area contributed by atoms with Crippen molar-refractivity contribution in [1.82, 2.24) is 24.6 Å². The lowest BCUT2D eigenvalue weighted by Gasteiger charge is -2.08. The highest BCUT2D eigenvalue weighted by Crippen LogP contribution is 2.28. The molecule has 9 nitrogen and oxygen atoms in total. The fraction of sp³-hybridized carbons (Fsp3) is 0.238. The highest BCUT2D eigenvalue weighted by atomic mass is 16.3. The van der Waals surface area contributed by atoms with Crippen LogP contribution in [0.3, 0.4) is 0 Å². The van der Waals surface area contributed by atoms with Crippen molar-refractivity contribution in [2.75, 3.05) is 0 Å². The van der Waals surface area contributed by atoms with Gasteiger partial charge in [-0.2, -0.15) is 9.61 Å². The largest absolute Gasteiger partial charge is 0.507 e. The summed E-state index contributed by atoms with van der Waals surface area (Å²) >= 11 is 0. The molecule has 0 spiro atoms. The van der Waals surface area contributed by atoms with E-state index in [1.54, 1.807) is 16.8 Å². The Balaban J connectivity index is 1.79. The standard InChI is InChI=1S/C21H20N6O3/c1-10-5-12(6-11(2)18(10)28)15-8-17(23-14-3-4-14)27-19(24-15)13(9-22-27)7-16-20(29)26-21(30)25-16/h5-9,14,28-29H,3-4H2,1-2H3,(H2,25,26,30)/b13-7+,23-17?. The summed E-state index contributed by atoms with van der Waals surface area (Å²) in [6, 6.07) is 5.95. The second kappa shape index (κ2) is 6.58. The van der Waals surface area contributed by atoms with Crippen molar-refractivity contribution < 1.29 is 10.2 Å². The molecule has 152 valence electrons. The van der Waals surface area contributed by atoms with E-state index < -0.39 is 5.69 Å². The Morgan fingerprint density at radius 1 is 1.17 bits per heavy atom. The number of fused-ring (bicyclic) bond motifs is 1. The smallest absolute Gasteiger partial charge is 0.326 e. The number of hydrogen-bond acceptors (Lipinski definition) is 6. The minimum atomic E-state index is -0.497. The van der Waals surface area contributed by atoms with Gasteiger partial charge >= 0.3 is 5.69 Å². The van der Waals surface area contributed by atoms with Gasteiger partial charge in [0.05, 0.1) is 17.9 Å². The van der Waals surface area contributed by atoms with Crippen LogP contribution in [0.2, 0.25) is 0 Å². The van der Waals surface area contributed by atoms with Gasteiger partial charge in [0.1, 0.15) is 11.4 Å². The number of benzene rings is 1. The molecule has 1 aliphatic rings. The second-order valence-electron chi connectivity index (χ2n) is 7.64. The zero-order valence-electron chi connectivity index (χ0n) is 16.5. The minimum Gasteiger partial charge on any atom is -0.507 e. The van der Waals surface area contributed by atoms with Crippen LogP contribution in [0.15, 0.2) is 34.2 Å². The number of aromatic hydroxyl groups is 2. The first-order chi connectivity index (χ1) is 14.4. The van der Waals surface area contributed by atoms with Gasteiger partial charge < -0.3 is 15.2 Å². The number of rotatable bonds is 3. The van der Waals surface area contributed by atoms with Gasteiger partial charge in [-0.05, 0) is 56.0 Å². The summed E-state index contributed by atoms with van der Waals surface area (Å²) in [5.41, 5.74) is 4.09. The van der Waals surface area contributed by atoms with E-state index in [-0.39, 0.29) is 23.4 Å². The van der Waals surface area contributed by atoms with Crippen LogP contribution in [-0.2, 0) is 0 Å². The lowest BCUT2D eigenvalue weighted by molar-refractivity contribution is 0.454. The number of imidazole rings is 1. The Hall–Kier alpha value is -3.88. The fourth-order valence-electron chi connectivity index (χ4n) is 3.45. The van der Waals surface area contributed by atoms with E-state index in [1.165, 1.54) is 0 Å². The van der Waals surface area contributed by atoms with Gasteiger partial charge in [0.25, 0.3) is 0 Å². The third-order valence-corrected chi connectivity index (χ3v) is 5.16. The van der Waals surface area contributed by atoms with E-state index in [1.807, 2.05) is 32.0 Å². The molecule has 3 heterocycles. The van der Waals surface area contributed by atoms with E-state index >= 15 is 0 Å². The molecule has 0 atom stereocenters. The van der Waals surface area contributed by atoms with Gasteiger partial charge in [-0.15, -0.1) is 0 Å². The van der Waals surface area contributed by atoms with Crippen LogP contribution >= 0.6 is 0 Å². The van der Waals surface area contributed by atoms with Crippen LogP contribution in [-0.4, -0.2) is 40.8 Å². The first-order valence-electron chi connectivity index (χ1n) is 9.65. The summed E-state index contributed by atoms with van der Waals surface area (Å²) in [6.45, 7) is 3.70. The third kappa shape index (κ3) is 3.14. The van der Waals surface area contributed by atoms with Crippen LogP contribution in [0.1, 0.15) is 29.7 Å². The highest BCUT2D eigenvalue weighted by molar-refractivity contribution is 5.66. The van der Waals surface area contributed by atoms with E-state index in [4.69, 9.17) is 9.98 Å². The fourth-order valence-corrected chi connectivity index (χ4v) is 3.45. The van der Waals surface area contributed by atoms with Crippen LogP contribution < -0.4 is 16.4 Å². The summed E-state index contributed by atoms with van der Waals surface area (Å²) < 4.78 is 1.66. The van der Waals surface area contributed by atoms with Crippen molar-refractivity contribution in [3.8, 4) is 22.9 Å². The van der Waals surface area contributed by atoms with Gasteiger partial charge in [-0.3, -0.25) is 9.98 Å². The Morgan fingerprint density at radius 3 is 2.53 bits per heavy atom. The topological polar surface area (TPSA) is 132 Å². The predicted octanol–water partition coefficient (Wildman–Crippen LogP) is 1.05. The number of hydrogen-bond donors (Lipinski definition) is 4. The van der Waals surface area contributed by atoms with Crippen LogP contribution in [0.4, 0.5) is 0 Å². The van der Waals surface area contributed by atoms with Gasteiger partial charge in [-0.25, -0.2) is 9.78 Å². The molecule has 1 aliphatic carbocycles. The molecule has 0 amide bonds. The number of aromatic nitrogens is 5. The summed E-state index contributed by atoms with van der Waals surface area (Å²) in [5, 5.41) is 25.1. The number of phenols is 1. The Labute approximate surface area is 170 Å². The maximum absolute atomic E-state index is 11.5. The average molecular weight is 404 g/mol. The van der Waals surface area contributed by atoms with Gasteiger partial charge in [0, 0.05) is 16.8 Å². The zero-order chi connectivity index (χ0) is 21.0. The monoisotopic (exact) mass is 404 g/mol. The lowest BCUT2D eigenvalue weighted by Crippen LogP contribution is -2.19. The van der Waals surface area contributed by atoms with Crippen LogP contribution in [0.25, 0.3) is 23.0 Å². The molecule has 9 heteroatoms. The number of H-pyrrole nitrogens is 2. The van der Waals surface area contributed by atoms with E-state index in [9.17, 15) is 15.0 Å². The maximum Gasteiger partial charge on any atom is 0.326 e. The summed E-state index contributed by atoms with van der Waals surface area (Å²) in [5.74, 6) is 0.0242. The van der Waals surface area contributed by atoms with Crippen molar-refractivity contribution in [2.45, 2.75) is 32.7 Å². The third-order valence-electron chi connectivity index (χ3n) is 5.16. The van der Waals surface area contributed by atoms with Crippen molar-refractivity contribution in [2.24, 2.45) is 4.99 Å². The summed E-state index contributed by atoms with van der Waals surface area (Å²) in [7, 11) is 0. The molecule has 1 aromatic carbocycles. The quantitative estimate of drug-likeness (QED) is 0.405. The van der Waals surface area contributed by atoms with Gasteiger partial charge in [0.15, 0.2) is 11.1 Å². The summed E-state index contributed by atoms with van der Waals surface area (Å²) in [4.78, 5) is 25.8. The maximum atomic E-state index is 11.5. The summed E-state index contributed by atoms with van der Waals surface area (Å²) in [6.07, 6.45) is 5.33. The number of phenolic OH excluding ortho intramolecular Hbond substituents is 1. The van der Waals surface area contributed by atoms with E-state index in [0.717, 1.165) is 29.5 Å². The molecular formula is C21H20N6O3. The molecule has 0 bridgehead atoms. The van der Waals surface area contributed by atoms with Crippen LogP contribution in [0, 0.1) is 13.8 Å². The molecule has 0 unspecified atom stereocenters. The SMILES string of the molecule is Cc1cc(-c2cc(=NC3CC3)n3nc/c(=C\c4[nH]c(=O)[nH]c4O)c3n2)cc(C)c1O. The number of aryl methyl sites for hydroxylation is 2. The first-order valence-corrected chi connectivity index (χ1v) is 9.65.